The third kappa shape index (κ3) is 2.95. The van der Waals surface area contributed by atoms with E-state index in [2.05, 4.69) is 27.2 Å². The number of fused-ring (bicyclic) bond motifs is 1. The first-order valence-electron chi connectivity index (χ1n) is 8.17. The van der Waals surface area contributed by atoms with Crippen LogP contribution in [0.25, 0.3) is 11.0 Å². The number of H-pyrrole nitrogens is 1. The van der Waals surface area contributed by atoms with Gasteiger partial charge in [0.25, 0.3) is 5.91 Å². The molecule has 1 atom stereocenters. The largest absolute Gasteiger partial charge is 0.348 e. The van der Waals surface area contributed by atoms with Crippen LogP contribution in [-0.4, -0.2) is 47.0 Å². The molecule has 0 aromatic carbocycles. The Bertz CT molecular complexity index is 869. The van der Waals surface area contributed by atoms with Gasteiger partial charge in [0.15, 0.2) is 0 Å². The average molecular weight is 340 g/mol. The molecule has 3 aromatic rings. The fourth-order valence-corrected chi connectivity index (χ4v) is 4.24. The standard InChI is InChI=1S/C18H20N4OS/c1-22-8-4-13(11-22)21-18(23)15-5-9-24-16(15)10-12-2-6-19-17-14(12)3-7-20-17/h2-3,5-7,9,13H,4,8,10-11H2,1H3,(H,19,20)(H,21,23). The van der Waals surface area contributed by atoms with Crippen molar-refractivity contribution in [2.75, 3.05) is 20.1 Å². The van der Waals surface area contributed by atoms with Crippen LogP contribution in [0.5, 0.6) is 0 Å². The predicted octanol–water partition coefficient (Wildman–Crippen LogP) is 2.65. The molecule has 0 bridgehead atoms. The van der Waals surface area contributed by atoms with Crippen molar-refractivity contribution in [2.24, 2.45) is 0 Å². The first-order valence-corrected chi connectivity index (χ1v) is 9.05. The maximum Gasteiger partial charge on any atom is 0.252 e. The maximum atomic E-state index is 12.7. The summed E-state index contributed by atoms with van der Waals surface area (Å²) < 4.78 is 0. The Balaban J connectivity index is 1.54. The third-order valence-electron chi connectivity index (χ3n) is 4.62. The van der Waals surface area contributed by atoms with Crippen LogP contribution in [0.2, 0.25) is 0 Å². The number of likely N-dealkylation sites (tertiary alicyclic amines) is 1. The molecular formula is C18H20N4OS. The van der Waals surface area contributed by atoms with Crippen LogP contribution in [-0.2, 0) is 6.42 Å². The van der Waals surface area contributed by atoms with Crippen molar-refractivity contribution in [1.82, 2.24) is 20.2 Å². The minimum atomic E-state index is 0.0471. The van der Waals surface area contributed by atoms with E-state index in [4.69, 9.17) is 0 Å². The molecule has 0 aliphatic carbocycles. The van der Waals surface area contributed by atoms with Crippen molar-refractivity contribution in [2.45, 2.75) is 18.9 Å². The molecule has 6 heteroatoms. The molecule has 1 aliphatic heterocycles. The normalized spacial score (nSPS) is 18.3. The number of carbonyl (C=O) groups is 1. The Morgan fingerprint density at radius 1 is 1.46 bits per heavy atom. The molecule has 4 heterocycles. The van der Waals surface area contributed by atoms with E-state index in [9.17, 15) is 4.79 Å². The lowest BCUT2D eigenvalue weighted by Crippen LogP contribution is -2.36. The van der Waals surface area contributed by atoms with Crippen molar-refractivity contribution in [3.63, 3.8) is 0 Å². The molecule has 3 aromatic heterocycles. The second-order valence-corrected chi connectivity index (χ2v) is 7.37. The fourth-order valence-electron chi connectivity index (χ4n) is 3.34. The second kappa shape index (κ2) is 6.37. The number of rotatable bonds is 4. The molecule has 1 aliphatic rings. The minimum Gasteiger partial charge on any atom is -0.348 e. The molecule has 24 heavy (non-hydrogen) atoms. The smallest absolute Gasteiger partial charge is 0.252 e. The van der Waals surface area contributed by atoms with E-state index in [0.29, 0.717) is 0 Å². The number of thiophene rings is 1. The molecular weight excluding hydrogens is 320 g/mol. The maximum absolute atomic E-state index is 12.7. The molecule has 4 rings (SSSR count). The first-order chi connectivity index (χ1) is 11.7. The molecule has 0 radical (unpaired) electrons. The monoisotopic (exact) mass is 340 g/mol. The summed E-state index contributed by atoms with van der Waals surface area (Å²) in [6, 6.07) is 6.26. The number of pyridine rings is 1. The van der Waals surface area contributed by atoms with Crippen LogP contribution in [0.4, 0.5) is 0 Å². The van der Waals surface area contributed by atoms with E-state index in [-0.39, 0.29) is 11.9 Å². The van der Waals surface area contributed by atoms with E-state index in [0.717, 1.165) is 47.4 Å². The molecule has 0 saturated carbocycles. The van der Waals surface area contributed by atoms with Crippen LogP contribution in [0, 0.1) is 0 Å². The predicted molar refractivity (Wildman–Crippen MR) is 96.6 cm³/mol. The van der Waals surface area contributed by atoms with Gasteiger partial charge in [-0.3, -0.25) is 4.79 Å². The minimum absolute atomic E-state index is 0.0471. The van der Waals surface area contributed by atoms with Gasteiger partial charge in [-0.05, 0) is 49.2 Å². The molecule has 2 N–H and O–H groups in total. The summed E-state index contributed by atoms with van der Waals surface area (Å²) in [5.41, 5.74) is 2.89. The van der Waals surface area contributed by atoms with Gasteiger partial charge in [-0.15, -0.1) is 11.3 Å². The number of hydrogen-bond donors (Lipinski definition) is 2. The summed E-state index contributed by atoms with van der Waals surface area (Å²) in [7, 11) is 2.09. The lowest BCUT2D eigenvalue weighted by atomic mass is 10.1. The SMILES string of the molecule is CN1CCC(NC(=O)c2ccsc2Cc2ccnc3[nH]ccc23)C1. The molecule has 1 fully saturated rings. The van der Waals surface area contributed by atoms with Gasteiger partial charge in [-0.25, -0.2) is 4.98 Å². The van der Waals surface area contributed by atoms with Gasteiger partial charge >= 0.3 is 0 Å². The first kappa shape index (κ1) is 15.4. The molecule has 1 saturated heterocycles. The molecule has 1 amide bonds. The van der Waals surface area contributed by atoms with E-state index in [1.165, 1.54) is 5.56 Å². The number of likely N-dealkylation sites (N-methyl/N-ethyl adjacent to an activating group) is 1. The average Bonchev–Trinajstić information content (AvgIpc) is 3.28. The van der Waals surface area contributed by atoms with E-state index < -0.39 is 0 Å². The van der Waals surface area contributed by atoms with Gasteiger partial charge in [-0.2, -0.15) is 0 Å². The quantitative estimate of drug-likeness (QED) is 0.767. The highest BCUT2D eigenvalue weighted by atomic mass is 32.1. The molecule has 1 unspecified atom stereocenters. The highest BCUT2D eigenvalue weighted by Crippen LogP contribution is 2.25. The van der Waals surface area contributed by atoms with Crippen LogP contribution < -0.4 is 5.32 Å². The summed E-state index contributed by atoms with van der Waals surface area (Å²) in [4.78, 5) is 23.5. The van der Waals surface area contributed by atoms with E-state index in [1.807, 2.05) is 36.0 Å². The molecule has 124 valence electrons. The second-order valence-electron chi connectivity index (χ2n) is 6.37. The van der Waals surface area contributed by atoms with Crippen molar-refractivity contribution in [1.29, 1.82) is 0 Å². The Kier molecular flexibility index (Phi) is 4.08. The van der Waals surface area contributed by atoms with Crippen LogP contribution >= 0.6 is 11.3 Å². The zero-order chi connectivity index (χ0) is 16.5. The number of nitrogens with zero attached hydrogens (tertiary/aromatic N) is 2. The summed E-state index contributed by atoms with van der Waals surface area (Å²) in [5.74, 6) is 0.0471. The van der Waals surface area contributed by atoms with Crippen LogP contribution in [0.15, 0.2) is 36.0 Å². The summed E-state index contributed by atoms with van der Waals surface area (Å²) >= 11 is 1.64. The van der Waals surface area contributed by atoms with Crippen LogP contribution in [0.3, 0.4) is 0 Å². The number of amides is 1. The number of nitrogens with one attached hydrogen (secondary N) is 2. The zero-order valence-corrected chi connectivity index (χ0v) is 14.4. The van der Waals surface area contributed by atoms with Crippen LogP contribution in [0.1, 0.15) is 27.2 Å². The highest BCUT2D eigenvalue weighted by molar-refractivity contribution is 7.10. The number of aromatic nitrogens is 2. The lowest BCUT2D eigenvalue weighted by Gasteiger charge is -2.13. The van der Waals surface area contributed by atoms with Gasteiger partial charge in [0.05, 0.1) is 5.56 Å². The van der Waals surface area contributed by atoms with E-state index >= 15 is 0 Å². The van der Waals surface area contributed by atoms with Crippen molar-refractivity contribution >= 4 is 28.3 Å². The Labute approximate surface area is 144 Å². The van der Waals surface area contributed by atoms with Crippen molar-refractivity contribution < 1.29 is 4.79 Å². The topological polar surface area (TPSA) is 61.0 Å². The van der Waals surface area contributed by atoms with Gasteiger partial charge in [0, 0.05) is 41.7 Å². The lowest BCUT2D eigenvalue weighted by molar-refractivity contribution is 0.0938. The fraction of sp³-hybridized carbons (Fsp3) is 0.333. The number of carbonyl (C=O) groups excluding carboxylic acids is 1. The third-order valence-corrected chi connectivity index (χ3v) is 5.54. The Morgan fingerprint density at radius 3 is 3.21 bits per heavy atom. The van der Waals surface area contributed by atoms with Gasteiger partial charge in [0.2, 0.25) is 0 Å². The zero-order valence-electron chi connectivity index (χ0n) is 13.6. The molecule has 0 spiro atoms. The summed E-state index contributed by atoms with van der Waals surface area (Å²) in [6.07, 6.45) is 5.49. The Morgan fingerprint density at radius 2 is 2.38 bits per heavy atom. The number of hydrogen-bond acceptors (Lipinski definition) is 4. The Hall–Kier alpha value is -2.18. The van der Waals surface area contributed by atoms with Gasteiger partial charge in [-0.1, -0.05) is 0 Å². The number of aromatic amines is 1. The molecule has 5 nitrogen and oxygen atoms in total. The highest BCUT2D eigenvalue weighted by Gasteiger charge is 2.23. The van der Waals surface area contributed by atoms with Gasteiger partial charge < -0.3 is 15.2 Å². The van der Waals surface area contributed by atoms with Gasteiger partial charge in [0.1, 0.15) is 5.65 Å². The summed E-state index contributed by atoms with van der Waals surface area (Å²) in [6.45, 7) is 1.98. The van der Waals surface area contributed by atoms with Crippen molar-refractivity contribution in [3.05, 3.63) is 52.0 Å². The van der Waals surface area contributed by atoms with Crippen molar-refractivity contribution in [3.8, 4) is 0 Å². The summed E-state index contributed by atoms with van der Waals surface area (Å²) in [5, 5.41) is 6.30. The van der Waals surface area contributed by atoms with E-state index in [1.54, 1.807) is 11.3 Å².